The number of ether oxygens (including phenoxy) is 2. The molecule has 2 aromatic rings. The van der Waals surface area contributed by atoms with Crippen molar-refractivity contribution in [3.8, 4) is 11.5 Å². The summed E-state index contributed by atoms with van der Waals surface area (Å²) in [7, 11) is 1.88. The zero-order chi connectivity index (χ0) is 22.6. The summed E-state index contributed by atoms with van der Waals surface area (Å²) in [4.78, 5) is 25.1. The number of unbranched alkanes of at least 4 members (excludes halogenated alkanes) is 1. The second-order valence-corrected chi connectivity index (χ2v) is 7.33. The number of phenolic OH excluding ortho intramolecular Hbond substituents is 1. The molecule has 168 valence electrons. The van der Waals surface area contributed by atoms with Gasteiger partial charge >= 0.3 is 5.97 Å². The van der Waals surface area contributed by atoms with Gasteiger partial charge in [-0.25, -0.2) is 4.79 Å². The molecule has 2 rings (SSSR count). The molecule has 1 unspecified atom stereocenters. The van der Waals surface area contributed by atoms with Gasteiger partial charge in [-0.1, -0.05) is 41.9 Å². The molecule has 0 aliphatic rings. The third kappa shape index (κ3) is 7.77. The van der Waals surface area contributed by atoms with Crippen LogP contribution in [0.2, 0.25) is 5.02 Å². The maximum Gasteiger partial charge on any atom is 0.328 e. The van der Waals surface area contributed by atoms with Gasteiger partial charge in [-0.3, -0.25) is 4.79 Å². The fraction of sp³-hybridized carbons (Fsp3) is 0.391. The molecule has 8 heteroatoms. The standard InChI is InChI=1S/C23H29ClN2O5/c1-3-30-23(29)19(13-16-9-5-4-6-10-16)26-22(28)17-14-18(24)21(15-20(17)27)31-12-8-7-11-25-2/h4-6,9-10,14-15,19,25,27H,3,7-8,11-13H2,1-2H3,(H,26,28). The van der Waals surface area contributed by atoms with Crippen LogP contribution in [-0.4, -0.2) is 49.8 Å². The average Bonchev–Trinajstić information content (AvgIpc) is 2.76. The smallest absolute Gasteiger partial charge is 0.328 e. The summed E-state index contributed by atoms with van der Waals surface area (Å²) in [5, 5.41) is 16.2. The number of phenols is 1. The Morgan fingerprint density at radius 2 is 1.90 bits per heavy atom. The molecule has 7 nitrogen and oxygen atoms in total. The molecule has 0 saturated heterocycles. The Bertz CT molecular complexity index is 861. The quantitative estimate of drug-likeness (QED) is 0.340. The number of rotatable bonds is 12. The van der Waals surface area contributed by atoms with Gasteiger partial charge in [0.15, 0.2) is 0 Å². The summed E-state index contributed by atoms with van der Waals surface area (Å²) in [6.45, 7) is 3.21. The Kier molecular flexibility index (Phi) is 10.1. The van der Waals surface area contributed by atoms with Crippen molar-refractivity contribution >= 4 is 23.5 Å². The first-order chi connectivity index (χ1) is 15.0. The number of halogens is 1. The molecule has 2 aromatic carbocycles. The van der Waals surface area contributed by atoms with Gasteiger partial charge in [-0.05, 0) is 45.0 Å². The number of carbonyl (C=O) groups excluding carboxylic acids is 2. The SMILES string of the molecule is CCOC(=O)C(Cc1ccccc1)NC(=O)c1cc(Cl)c(OCCCCNC)cc1O. The summed E-state index contributed by atoms with van der Waals surface area (Å²) < 4.78 is 10.7. The van der Waals surface area contributed by atoms with E-state index in [1.165, 1.54) is 12.1 Å². The fourth-order valence-electron chi connectivity index (χ4n) is 2.94. The number of hydrogen-bond donors (Lipinski definition) is 3. The number of hydrogen-bond acceptors (Lipinski definition) is 6. The third-order valence-electron chi connectivity index (χ3n) is 4.53. The minimum Gasteiger partial charge on any atom is -0.507 e. The highest BCUT2D eigenvalue weighted by atomic mass is 35.5. The molecule has 0 aromatic heterocycles. The molecule has 1 amide bonds. The van der Waals surface area contributed by atoms with Crippen molar-refractivity contribution in [3.05, 3.63) is 58.6 Å². The van der Waals surface area contributed by atoms with Crippen LogP contribution in [0.1, 0.15) is 35.7 Å². The van der Waals surface area contributed by atoms with Crippen molar-refractivity contribution in [1.82, 2.24) is 10.6 Å². The van der Waals surface area contributed by atoms with E-state index >= 15 is 0 Å². The molecule has 0 heterocycles. The molecule has 0 saturated carbocycles. The minimum atomic E-state index is -0.906. The third-order valence-corrected chi connectivity index (χ3v) is 4.83. The topological polar surface area (TPSA) is 96.9 Å². The Balaban J connectivity index is 2.10. The van der Waals surface area contributed by atoms with E-state index in [0.717, 1.165) is 24.9 Å². The first-order valence-corrected chi connectivity index (χ1v) is 10.6. The lowest BCUT2D eigenvalue weighted by molar-refractivity contribution is -0.145. The van der Waals surface area contributed by atoms with Crippen molar-refractivity contribution in [1.29, 1.82) is 0 Å². The van der Waals surface area contributed by atoms with E-state index in [9.17, 15) is 14.7 Å². The van der Waals surface area contributed by atoms with Crippen LogP contribution in [0, 0.1) is 0 Å². The van der Waals surface area contributed by atoms with Gasteiger partial charge in [0.2, 0.25) is 0 Å². The number of esters is 1. The molecule has 0 spiro atoms. The van der Waals surface area contributed by atoms with Crippen LogP contribution in [0.5, 0.6) is 11.5 Å². The molecule has 31 heavy (non-hydrogen) atoms. The Hall–Kier alpha value is -2.77. The molecule has 0 aliphatic heterocycles. The summed E-state index contributed by atoms with van der Waals surface area (Å²) in [6.07, 6.45) is 2.02. The van der Waals surface area contributed by atoms with E-state index in [0.29, 0.717) is 12.4 Å². The van der Waals surface area contributed by atoms with Crippen molar-refractivity contribution in [2.75, 3.05) is 26.8 Å². The first kappa shape index (κ1) is 24.5. The fourth-order valence-corrected chi connectivity index (χ4v) is 3.16. The highest BCUT2D eigenvalue weighted by molar-refractivity contribution is 6.32. The predicted octanol–water partition coefficient (Wildman–Crippen LogP) is 3.33. The number of amides is 1. The van der Waals surface area contributed by atoms with Crippen LogP contribution >= 0.6 is 11.6 Å². The highest BCUT2D eigenvalue weighted by Gasteiger charge is 2.25. The predicted molar refractivity (Wildman–Crippen MR) is 120 cm³/mol. The minimum absolute atomic E-state index is 0.0464. The monoisotopic (exact) mass is 448 g/mol. The van der Waals surface area contributed by atoms with E-state index in [2.05, 4.69) is 10.6 Å². The Labute approximate surface area is 187 Å². The van der Waals surface area contributed by atoms with E-state index in [1.807, 2.05) is 37.4 Å². The zero-order valence-corrected chi connectivity index (χ0v) is 18.6. The van der Waals surface area contributed by atoms with Crippen LogP contribution in [0.15, 0.2) is 42.5 Å². The van der Waals surface area contributed by atoms with E-state index in [4.69, 9.17) is 21.1 Å². The van der Waals surface area contributed by atoms with Gasteiger partial charge in [0, 0.05) is 12.5 Å². The normalized spacial score (nSPS) is 11.6. The lowest BCUT2D eigenvalue weighted by Crippen LogP contribution is -2.43. The van der Waals surface area contributed by atoms with Gasteiger partial charge in [0.1, 0.15) is 17.5 Å². The van der Waals surface area contributed by atoms with Gasteiger partial charge < -0.3 is 25.2 Å². The van der Waals surface area contributed by atoms with Crippen LogP contribution in [-0.2, 0) is 16.0 Å². The number of nitrogens with one attached hydrogen (secondary N) is 2. The lowest BCUT2D eigenvalue weighted by Gasteiger charge is -2.18. The number of benzene rings is 2. The van der Waals surface area contributed by atoms with Gasteiger partial charge in [-0.15, -0.1) is 0 Å². The summed E-state index contributed by atoms with van der Waals surface area (Å²) in [5.74, 6) is -1.17. The van der Waals surface area contributed by atoms with E-state index in [1.54, 1.807) is 6.92 Å². The van der Waals surface area contributed by atoms with Crippen LogP contribution < -0.4 is 15.4 Å². The second kappa shape index (κ2) is 12.8. The highest BCUT2D eigenvalue weighted by Crippen LogP contribution is 2.32. The first-order valence-electron chi connectivity index (χ1n) is 10.3. The van der Waals surface area contributed by atoms with Gasteiger partial charge in [-0.2, -0.15) is 0 Å². The molecule has 3 N–H and O–H groups in total. The molecular formula is C23H29ClN2O5. The second-order valence-electron chi connectivity index (χ2n) is 6.93. The molecular weight excluding hydrogens is 420 g/mol. The largest absolute Gasteiger partial charge is 0.507 e. The average molecular weight is 449 g/mol. The van der Waals surface area contributed by atoms with Crippen molar-refractivity contribution < 1.29 is 24.2 Å². The maximum atomic E-state index is 12.8. The zero-order valence-electron chi connectivity index (χ0n) is 17.8. The summed E-state index contributed by atoms with van der Waals surface area (Å²) >= 11 is 6.24. The van der Waals surface area contributed by atoms with Crippen molar-refractivity contribution in [2.24, 2.45) is 0 Å². The van der Waals surface area contributed by atoms with Crippen LogP contribution in [0.25, 0.3) is 0 Å². The molecule has 0 aliphatic carbocycles. The maximum absolute atomic E-state index is 12.8. The van der Waals surface area contributed by atoms with Crippen LogP contribution in [0.4, 0.5) is 0 Å². The molecule has 0 fully saturated rings. The van der Waals surface area contributed by atoms with Crippen molar-refractivity contribution in [2.45, 2.75) is 32.2 Å². The van der Waals surface area contributed by atoms with Crippen molar-refractivity contribution in [3.63, 3.8) is 0 Å². The van der Waals surface area contributed by atoms with E-state index in [-0.39, 0.29) is 29.4 Å². The Morgan fingerprint density at radius 1 is 1.16 bits per heavy atom. The Morgan fingerprint density at radius 3 is 2.58 bits per heavy atom. The summed E-state index contributed by atoms with van der Waals surface area (Å²) in [6, 6.07) is 11.0. The number of aromatic hydroxyl groups is 1. The van der Waals surface area contributed by atoms with Crippen LogP contribution in [0.3, 0.4) is 0 Å². The lowest BCUT2D eigenvalue weighted by atomic mass is 10.1. The van der Waals surface area contributed by atoms with Gasteiger partial charge in [0.05, 0.1) is 23.8 Å². The number of carbonyl (C=O) groups is 2. The van der Waals surface area contributed by atoms with E-state index < -0.39 is 17.9 Å². The molecule has 0 radical (unpaired) electrons. The molecule has 1 atom stereocenters. The van der Waals surface area contributed by atoms with Gasteiger partial charge in [0.25, 0.3) is 5.91 Å². The summed E-state index contributed by atoms with van der Waals surface area (Å²) in [5.41, 5.74) is 0.819. The molecule has 0 bridgehead atoms.